The molecule has 1 amide bonds. The largest absolute Gasteiger partial charge is 0.397 e. The Kier molecular flexibility index (Phi) is 10.8. The Morgan fingerprint density at radius 1 is 1.02 bits per heavy atom. The quantitative estimate of drug-likeness (QED) is 0.288. The molecule has 3 N–H and O–H groups in total. The first-order chi connectivity index (χ1) is 22.7. The standard InChI is InChI=1S/C37H62N2O6.C2H6O/c1-33(2,41)20-24-7-8-26-28(44-24)19-27-25-9-10-29-34(3,4)30(11-12-37(29)23-36(25,37)14-13-35(26,27)5)45-32-22-39(16-18-43-32)21-31(40)38-15-17-42-6;1-2-3/h24-30,32,41H,7-23H2,1-6H3,(H,38,40);3H,2H2,1H3. The fraction of sp³-hybridized carbons (Fsp3) is 0.974. The van der Waals surface area contributed by atoms with Crippen LogP contribution in [0.3, 0.4) is 0 Å². The molecule has 276 valence electrons. The van der Waals surface area contributed by atoms with Crippen molar-refractivity contribution < 1.29 is 34.0 Å². The monoisotopic (exact) mass is 677 g/mol. The predicted molar refractivity (Wildman–Crippen MR) is 185 cm³/mol. The summed E-state index contributed by atoms with van der Waals surface area (Å²) in [7, 11) is 1.65. The van der Waals surface area contributed by atoms with Crippen LogP contribution in [0.25, 0.3) is 0 Å². The molecule has 11 atom stereocenters. The van der Waals surface area contributed by atoms with Gasteiger partial charge in [0.15, 0.2) is 6.29 Å². The van der Waals surface area contributed by atoms with Crippen molar-refractivity contribution in [3.05, 3.63) is 0 Å². The van der Waals surface area contributed by atoms with Crippen LogP contribution < -0.4 is 5.32 Å². The maximum absolute atomic E-state index is 12.4. The topological polar surface area (TPSA) is 110 Å². The van der Waals surface area contributed by atoms with E-state index in [2.05, 4.69) is 31.0 Å². The number of ether oxygens (including phenoxy) is 4. The van der Waals surface area contributed by atoms with Crippen LogP contribution in [0.5, 0.6) is 0 Å². The molecule has 48 heavy (non-hydrogen) atoms. The van der Waals surface area contributed by atoms with Crippen LogP contribution in [0.1, 0.15) is 112 Å². The maximum Gasteiger partial charge on any atom is 0.234 e. The molecular weight excluding hydrogens is 608 g/mol. The van der Waals surface area contributed by atoms with Gasteiger partial charge in [0.05, 0.1) is 50.2 Å². The first-order valence-corrected chi connectivity index (χ1v) is 19.5. The second-order valence-electron chi connectivity index (χ2n) is 18.2. The molecule has 7 aliphatic rings. The number of carbonyl (C=O) groups is 1. The highest BCUT2D eigenvalue weighted by Crippen LogP contribution is 2.87. The number of morpholine rings is 1. The number of nitrogens with one attached hydrogen (secondary N) is 1. The molecule has 5 aliphatic carbocycles. The summed E-state index contributed by atoms with van der Waals surface area (Å²) in [5.74, 6) is 3.05. The van der Waals surface area contributed by atoms with Crippen molar-refractivity contribution in [3.8, 4) is 0 Å². The highest BCUT2D eigenvalue weighted by Gasteiger charge is 2.80. The number of methoxy groups -OCH3 is 1. The summed E-state index contributed by atoms with van der Waals surface area (Å²) in [5, 5.41) is 21.0. The molecule has 7 fully saturated rings. The first-order valence-electron chi connectivity index (χ1n) is 19.5. The second kappa shape index (κ2) is 14.0. The van der Waals surface area contributed by atoms with Crippen LogP contribution in [0.2, 0.25) is 0 Å². The molecule has 9 heteroatoms. The molecule has 0 radical (unpaired) electrons. The lowest BCUT2D eigenvalue weighted by atomic mass is 9.46. The van der Waals surface area contributed by atoms with E-state index in [1.54, 1.807) is 14.0 Å². The summed E-state index contributed by atoms with van der Waals surface area (Å²) in [6.45, 7) is 16.9. The van der Waals surface area contributed by atoms with Crippen molar-refractivity contribution >= 4 is 5.91 Å². The van der Waals surface area contributed by atoms with Crippen LogP contribution in [-0.2, 0) is 23.7 Å². The smallest absolute Gasteiger partial charge is 0.234 e. The van der Waals surface area contributed by atoms with Crippen molar-refractivity contribution in [1.82, 2.24) is 10.2 Å². The average Bonchev–Trinajstić information content (AvgIpc) is 3.59. The van der Waals surface area contributed by atoms with Crippen molar-refractivity contribution in [3.63, 3.8) is 0 Å². The molecule has 0 aromatic heterocycles. The number of amides is 1. The minimum absolute atomic E-state index is 0.0361. The minimum atomic E-state index is -0.659. The zero-order valence-corrected chi connectivity index (χ0v) is 31.2. The average molecular weight is 677 g/mol. The van der Waals surface area contributed by atoms with Crippen molar-refractivity contribution in [2.24, 2.45) is 45.3 Å². The SMILES string of the molecule is CCO.COCCNC(=O)CN1CCOC(OC2CCC34CC35CCC3(C)C6CCC(CC(C)(C)O)OC6CC3C5CCC4C2(C)C)C1. The van der Waals surface area contributed by atoms with Crippen LogP contribution in [-0.4, -0.2) is 104 Å². The van der Waals surface area contributed by atoms with Gasteiger partial charge in [0.1, 0.15) is 0 Å². The third-order valence-electron chi connectivity index (χ3n) is 14.8. The number of nitrogens with zero attached hydrogens (tertiary/aromatic N) is 1. The number of fused-ring (bicyclic) bond motifs is 4. The number of aliphatic hydroxyl groups excluding tert-OH is 1. The van der Waals surface area contributed by atoms with Gasteiger partial charge in [-0.05, 0) is 130 Å². The molecule has 11 unspecified atom stereocenters. The molecule has 0 bridgehead atoms. The minimum Gasteiger partial charge on any atom is -0.397 e. The highest BCUT2D eigenvalue weighted by molar-refractivity contribution is 5.78. The van der Waals surface area contributed by atoms with E-state index in [0.717, 1.165) is 37.6 Å². The molecule has 2 aliphatic heterocycles. The fourth-order valence-electron chi connectivity index (χ4n) is 12.9. The summed E-state index contributed by atoms with van der Waals surface area (Å²) in [5.41, 5.74) is 0.869. The van der Waals surface area contributed by atoms with E-state index in [0.29, 0.717) is 67.0 Å². The van der Waals surface area contributed by atoms with E-state index >= 15 is 0 Å². The van der Waals surface area contributed by atoms with Gasteiger partial charge >= 0.3 is 0 Å². The fourth-order valence-corrected chi connectivity index (χ4v) is 12.9. The lowest BCUT2D eigenvalue weighted by Crippen LogP contribution is -2.56. The molecule has 5 saturated carbocycles. The van der Waals surface area contributed by atoms with Gasteiger partial charge in [0, 0.05) is 33.2 Å². The molecule has 2 heterocycles. The van der Waals surface area contributed by atoms with E-state index in [1.165, 1.54) is 51.4 Å². The predicted octanol–water partition coefficient (Wildman–Crippen LogP) is 5.16. The number of aliphatic hydroxyl groups is 2. The van der Waals surface area contributed by atoms with E-state index in [4.69, 9.17) is 24.1 Å². The third kappa shape index (κ3) is 6.65. The van der Waals surface area contributed by atoms with Gasteiger partial charge in [0.2, 0.25) is 5.91 Å². The Bertz CT molecular complexity index is 1130. The van der Waals surface area contributed by atoms with E-state index in [-0.39, 0.29) is 36.4 Å². The lowest BCUT2D eigenvalue weighted by Gasteiger charge is -2.60. The number of rotatable bonds is 9. The number of hydrogen-bond acceptors (Lipinski definition) is 8. The Labute approximate surface area is 290 Å². The van der Waals surface area contributed by atoms with Gasteiger partial charge in [-0.1, -0.05) is 20.8 Å². The summed E-state index contributed by atoms with van der Waals surface area (Å²) in [4.78, 5) is 14.6. The normalized spacial score (nSPS) is 44.5. The van der Waals surface area contributed by atoms with Crippen LogP contribution in [0.4, 0.5) is 0 Å². The maximum atomic E-state index is 12.4. The molecule has 2 spiro atoms. The van der Waals surface area contributed by atoms with Crippen molar-refractivity contribution in [2.45, 2.75) is 142 Å². The summed E-state index contributed by atoms with van der Waals surface area (Å²) in [6.07, 6.45) is 14.2. The molecule has 2 saturated heterocycles. The van der Waals surface area contributed by atoms with Crippen molar-refractivity contribution in [2.75, 3.05) is 53.1 Å². The molecular formula is C39H68N2O7. The van der Waals surface area contributed by atoms with E-state index < -0.39 is 5.60 Å². The lowest BCUT2D eigenvalue weighted by molar-refractivity contribution is -0.244. The van der Waals surface area contributed by atoms with Gasteiger partial charge < -0.3 is 34.5 Å². The molecule has 9 nitrogen and oxygen atoms in total. The Balaban J connectivity index is 0.00000129. The van der Waals surface area contributed by atoms with E-state index in [9.17, 15) is 9.90 Å². The molecule has 7 rings (SSSR count). The van der Waals surface area contributed by atoms with Gasteiger partial charge in [-0.2, -0.15) is 0 Å². The Morgan fingerprint density at radius 3 is 2.50 bits per heavy atom. The van der Waals surface area contributed by atoms with E-state index in [1.807, 2.05) is 13.8 Å². The number of hydrogen-bond donors (Lipinski definition) is 3. The van der Waals surface area contributed by atoms with Crippen LogP contribution >= 0.6 is 0 Å². The van der Waals surface area contributed by atoms with Gasteiger partial charge in [-0.15, -0.1) is 0 Å². The molecule has 0 aromatic carbocycles. The highest BCUT2D eigenvalue weighted by atomic mass is 16.7. The summed E-state index contributed by atoms with van der Waals surface area (Å²) >= 11 is 0. The summed E-state index contributed by atoms with van der Waals surface area (Å²) < 4.78 is 24.9. The van der Waals surface area contributed by atoms with Gasteiger partial charge in [-0.25, -0.2) is 0 Å². The first kappa shape index (κ1) is 37.0. The Morgan fingerprint density at radius 2 is 1.77 bits per heavy atom. The molecule has 0 aromatic rings. The number of carbonyl (C=O) groups excluding carboxylic acids is 1. The second-order valence-corrected chi connectivity index (χ2v) is 18.2. The summed E-state index contributed by atoms with van der Waals surface area (Å²) in [6, 6.07) is 0. The van der Waals surface area contributed by atoms with Crippen molar-refractivity contribution in [1.29, 1.82) is 0 Å². The van der Waals surface area contributed by atoms with Gasteiger partial charge in [-0.3, -0.25) is 9.69 Å². The van der Waals surface area contributed by atoms with Crippen LogP contribution in [0.15, 0.2) is 0 Å². The zero-order valence-electron chi connectivity index (χ0n) is 31.2. The van der Waals surface area contributed by atoms with Gasteiger partial charge in [0.25, 0.3) is 0 Å². The zero-order chi connectivity index (χ0) is 34.5. The van der Waals surface area contributed by atoms with Crippen LogP contribution in [0, 0.1) is 45.3 Å². The third-order valence-corrected chi connectivity index (χ3v) is 14.8. The Hall–Kier alpha value is -0.810.